The summed E-state index contributed by atoms with van der Waals surface area (Å²) in [4.78, 5) is 35.3. The SMILES string of the molecule is CC(C)C(C)NC(=O)CCN1C(=O)CCC1=O. The molecule has 0 bridgehead atoms. The predicted octanol–water partition coefficient (Wildman–Crippen LogP) is 0.686. The van der Waals surface area contributed by atoms with E-state index < -0.39 is 0 Å². The number of nitrogens with zero attached hydrogens (tertiary/aromatic N) is 1. The van der Waals surface area contributed by atoms with E-state index in [1.165, 1.54) is 4.90 Å². The summed E-state index contributed by atoms with van der Waals surface area (Å²) in [6.07, 6.45) is 0.750. The molecule has 1 fully saturated rings. The molecule has 0 aromatic heterocycles. The number of nitrogens with one attached hydrogen (secondary N) is 1. The third kappa shape index (κ3) is 3.84. The molecular formula is C12H20N2O3. The van der Waals surface area contributed by atoms with Crippen LogP contribution in [0.15, 0.2) is 0 Å². The molecule has 0 aliphatic carbocycles. The zero-order chi connectivity index (χ0) is 13.0. The van der Waals surface area contributed by atoms with E-state index in [2.05, 4.69) is 5.32 Å². The number of likely N-dealkylation sites (tertiary alicyclic amines) is 1. The van der Waals surface area contributed by atoms with Crippen LogP contribution in [0.2, 0.25) is 0 Å². The second-order valence-corrected chi connectivity index (χ2v) is 4.79. The highest BCUT2D eigenvalue weighted by Gasteiger charge is 2.28. The second-order valence-electron chi connectivity index (χ2n) is 4.79. The third-order valence-corrected chi connectivity index (χ3v) is 3.11. The summed E-state index contributed by atoms with van der Waals surface area (Å²) in [7, 11) is 0. The monoisotopic (exact) mass is 240 g/mol. The van der Waals surface area contributed by atoms with Crippen LogP contribution in [0.4, 0.5) is 0 Å². The van der Waals surface area contributed by atoms with E-state index in [9.17, 15) is 14.4 Å². The van der Waals surface area contributed by atoms with Crippen molar-refractivity contribution in [3.8, 4) is 0 Å². The van der Waals surface area contributed by atoms with Crippen molar-refractivity contribution >= 4 is 17.7 Å². The van der Waals surface area contributed by atoms with Gasteiger partial charge in [-0.05, 0) is 12.8 Å². The summed E-state index contributed by atoms with van der Waals surface area (Å²) in [5.41, 5.74) is 0. The molecule has 0 saturated carbocycles. The lowest BCUT2D eigenvalue weighted by Crippen LogP contribution is -2.39. The number of carbonyl (C=O) groups excluding carboxylic acids is 3. The largest absolute Gasteiger partial charge is 0.353 e. The molecule has 5 nitrogen and oxygen atoms in total. The summed E-state index contributed by atoms with van der Waals surface area (Å²) in [5.74, 6) is -0.0767. The minimum absolute atomic E-state index is 0.104. The lowest BCUT2D eigenvalue weighted by atomic mass is 10.1. The average Bonchev–Trinajstić information content (AvgIpc) is 2.56. The molecule has 5 heteroatoms. The molecule has 3 amide bonds. The fourth-order valence-electron chi connectivity index (χ4n) is 1.58. The first-order valence-corrected chi connectivity index (χ1v) is 6.04. The summed E-state index contributed by atoms with van der Waals surface area (Å²) in [6.45, 7) is 6.19. The Bertz CT molecular complexity index is 310. The molecule has 17 heavy (non-hydrogen) atoms. The summed E-state index contributed by atoms with van der Waals surface area (Å²) >= 11 is 0. The van der Waals surface area contributed by atoms with Crippen molar-refractivity contribution in [3.05, 3.63) is 0 Å². The van der Waals surface area contributed by atoms with Gasteiger partial charge in [-0.25, -0.2) is 0 Å². The molecule has 1 aliphatic heterocycles. The fourth-order valence-corrected chi connectivity index (χ4v) is 1.58. The molecule has 0 radical (unpaired) electrons. The average molecular weight is 240 g/mol. The highest BCUT2D eigenvalue weighted by Crippen LogP contribution is 2.11. The Kier molecular flexibility index (Phi) is 4.66. The Hall–Kier alpha value is -1.39. The molecule has 96 valence electrons. The van der Waals surface area contributed by atoms with Crippen LogP contribution >= 0.6 is 0 Å². The van der Waals surface area contributed by atoms with E-state index in [0.717, 1.165) is 0 Å². The number of carbonyl (C=O) groups is 3. The van der Waals surface area contributed by atoms with Gasteiger partial charge in [-0.15, -0.1) is 0 Å². The van der Waals surface area contributed by atoms with Crippen molar-refractivity contribution in [1.29, 1.82) is 0 Å². The van der Waals surface area contributed by atoms with Crippen LogP contribution < -0.4 is 5.32 Å². The maximum absolute atomic E-state index is 11.6. The topological polar surface area (TPSA) is 66.5 Å². The van der Waals surface area contributed by atoms with Crippen LogP contribution in [-0.4, -0.2) is 35.2 Å². The molecule has 0 aromatic carbocycles. The van der Waals surface area contributed by atoms with Gasteiger partial charge in [0.25, 0.3) is 0 Å². The van der Waals surface area contributed by atoms with Crippen molar-refractivity contribution in [3.63, 3.8) is 0 Å². The molecule has 1 aliphatic rings. The van der Waals surface area contributed by atoms with Gasteiger partial charge in [0.15, 0.2) is 0 Å². The Morgan fingerprint density at radius 2 is 1.76 bits per heavy atom. The van der Waals surface area contributed by atoms with Gasteiger partial charge in [-0.3, -0.25) is 19.3 Å². The Morgan fingerprint density at radius 3 is 2.24 bits per heavy atom. The summed E-state index contributed by atoms with van der Waals surface area (Å²) < 4.78 is 0. The van der Waals surface area contributed by atoms with E-state index in [1.54, 1.807) is 0 Å². The van der Waals surface area contributed by atoms with Gasteiger partial charge in [0.1, 0.15) is 0 Å². The standard InChI is InChI=1S/C12H20N2O3/c1-8(2)9(3)13-10(15)6-7-14-11(16)4-5-12(14)17/h8-9H,4-7H2,1-3H3,(H,13,15). The maximum Gasteiger partial charge on any atom is 0.229 e. The summed E-state index contributed by atoms with van der Waals surface area (Å²) in [5, 5.41) is 2.84. The van der Waals surface area contributed by atoms with Crippen LogP contribution in [-0.2, 0) is 14.4 Å². The van der Waals surface area contributed by atoms with Gasteiger partial charge >= 0.3 is 0 Å². The fraction of sp³-hybridized carbons (Fsp3) is 0.750. The second kappa shape index (κ2) is 5.80. The Labute approximate surface area is 102 Å². The Balaban J connectivity index is 2.33. The molecule has 1 saturated heterocycles. The van der Waals surface area contributed by atoms with E-state index in [-0.39, 0.29) is 49.6 Å². The van der Waals surface area contributed by atoms with Gasteiger partial charge in [-0.1, -0.05) is 13.8 Å². The molecule has 1 N–H and O–H groups in total. The molecule has 1 unspecified atom stereocenters. The van der Waals surface area contributed by atoms with Crippen molar-refractivity contribution in [2.24, 2.45) is 5.92 Å². The zero-order valence-corrected chi connectivity index (χ0v) is 10.7. The van der Waals surface area contributed by atoms with E-state index in [0.29, 0.717) is 5.92 Å². The predicted molar refractivity (Wildman–Crippen MR) is 63.0 cm³/mol. The summed E-state index contributed by atoms with van der Waals surface area (Å²) in [6, 6.07) is 0.104. The molecule has 1 heterocycles. The van der Waals surface area contributed by atoms with Gasteiger partial charge in [0, 0.05) is 31.8 Å². The number of amides is 3. The van der Waals surface area contributed by atoms with Crippen LogP contribution in [0.1, 0.15) is 40.0 Å². The van der Waals surface area contributed by atoms with Gasteiger partial charge in [0.2, 0.25) is 17.7 Å². The normalized spacial score (nSPS) is 17.8. The number of hydrogen-bond donors (Lipinski definition) is 1. The maximum atomic E-state index is 11.6. The number of imide groups is 1. The highest BCUT2D eigenvalue weighted by molar-refractivity contribution is 6.02. The quantitative estimate of drug-likeness (QED) is 0.719. The van der Waals surface area contributed by atoms with Crippen molar-refractivity contribution < 1.29 is 14.4 Å². The Morgan fingerprint density at radius 1 is 1.24 bits per heavy atom. The van der Waals surface area contributed by atoms with Gasteiger partial charge < -0.3 is 5.32 Å². The van der Waals surface area contributed by atoms with E-state index >= 15 is 0 Å². The van der Waals surface area contributed by atoms with Crippen molar-refractivity contribution in [2.45, 2.75) is 46.1 Å². The number of hydrogen-bond acceptors (Lipinski definition) is 3. The lowest BCUT2D eigenvalue weighted by molar-refractivity contribution is -0.138. The molecule has 0 aromatic rings. The minimum Gasteiger partial charge on any atom is -0.353 e. The van der Waals surface area contributed by atoms with Crippen LogP contribution in [0.25, 0.3) is 0 Å². The minimum atomic E-state index is -0.167. The molecule has 0 spiro atoms. The van der Waals surface area contributed by atoms with Gasteiger partial charge in [0.05, 0.1) is 0 Å². The first kappa shape index (κ1) is 13.7. The lowest BCUT2D eigenvalue weighted by Gasteiger charge is -2.18. The third-order valence-electron chi connectivity index (χ3n) is 3.11. The van der Waals surface area contributed by atoms with Crippen LogP contribution in [0.3, 0.4) is 0 Å². The first-order chi connectivity index (χ1) is 7.91. The first-order valence-electron chi connectivity index (χ1n) is 6.04. The van der Waals surface area contributed by atoms with E-state index in [1.807, 2.05) is 20.8 Å². The zero-order valence-electron chi connectivity index (χ0n) is 10.7. The van der Waals surface area contributed by atoms with Crippen molar-refractivity contribution in [1.82, 2.24) is 10.2 Å². The molecular weight excluding hydrogens is 220 g/mol. The smallest absolute Gasteiger partial charge is 0.229 e. The van der Waals surface area contributed by atoms with Crippen LogP contribution in [0.5, 0.6) is 0 Å². The van der Waals surface area contributed by atoms with Crippen molar-refractivity contribution in [2.75, 3.05) is 6.54 Å². The molecule has 1 rings (SSSR count). The number of rotatable bonds is 5. The highest BCUT2D eigenvalue weighted by atomic mass is 16.2. The van der Waals surface area contributed by atoms with E-state index in [4.69, 9.17) is 0 Å². The molecule has 1 atom stereocenters. The van der Waals surface area contributed by atoms with Gasteiger partial charge in [-0.2, -0.15) is 0 Å². The van der Waals surface area contributed by atoms with Crippen LogP contribution in [0, 0.1) is 5.92 Å².